The molecule has 1 N–H and O–H groups in total. The van der Waals surface area contributed by atoms with E-state index in [0.717, 1.165) is 39.0 Å². The predicted molar refractivity (Wildman–Crippen MR) is 100 cm³/mol. The fourth-order valence-electron chi connectivity index (χ4n) is 4.54. The van der Waals surface area contributed by atoms with E-state index in [1.165, 1.54) is 11.3 Å². The van der Waals surface area contributed by atoms with Crippen LogP contribution < -0.4 is 4.90 Å². The summed E-state index contributed by atoms with van der Waals surface area (Å²) in [5, 5.41) is 11.1. The molecular formula is C20H29N3O3. The van der Waals surface area contributed by atoms with Crippen LogP contribution in [-0.4, -0.2) is 84.9 Å². The number of carbonyl (C=O) groups excluding carboxylic acids is 1. The molecule has 0 radical (unpaired) electrons. The van der Waals surface area contributed by atoms with Crippen molar-refractivity contribution in [2.75, 3.05) is 51.3 Å². The van der Waals surface area contributed by atoms with Gasteiger partial charge in [-0.05, 0) is 37.5 Å². The Balaban J connectivity index is 1.34. The van der Waals surface area contributed by atoms with Crippen LogP contribution in [0.25, 0.3) is 0 Å². The van der Waals surface area contributed by atoms with Crippen LogP contribution >= 0.6 is 0 Å². The SMILES string of the molecule is Cc1cccc(N2CCC(O)(CN3C[C@@H]4OCC(=O)N(C)[C@H]4C3)CC2)c1. The highest BCUT2D eigenvalue weighted by molar-refractivity contribution is 5.78. The summed E-state index contributed by atoms with van der Waals surface area (Å²) in [5.74, 6) is 0.0540. The molecule has 0 aliphatic carbocycles. The normalized spacial score (nSPS) is 29.1. The molecule has 0 spiro atoms. The van der Waals surface area contributed by atoms with Gasteiger partial charge in [-0.3, -0.25) is 9.69 Å². The van der Waals surface area contributed by atoms with Gasteiger partial charge in [0.1, 0.15) is 6.61 Å². The first kappa shape index (κ1) is 17.8. The van der Waals surface area contributed by atoms with Gasteiger partial charge < -0.3 is 19.6 Å². The quantitative estimate of drug-likeness (QED) is 0.868. The monoisotopic (exact) mass is 359 g/mol. The number of β-amino-alcohol motifs (C(OH)–C–C–N with tert-alkyl or cyclic N) is 1. The molecular weight excluding hydrogens is 330 g/mol. The number of amides is 1. The largest absolute Gasteiger partial charge is 0.388 e. The number of hydrogen-bond donors (Lipinski definition) is 1. The van der Waals surface area contributed by atoms with Gasteiger partial charge in [-0.15, -0.1) is 0 Å². The fraction of sp³-hybridized carbons (Fsp3) is 0.650. The molecule has 0 aromatic heterocycles. The Bertz CT molecular complexity index is 672. The molecule has 1 amide bonds. The summed E-state index contributed by atoms with van der Waals surface area (Å²) in [4.78, 5) is 18.3. The summed E-state index contributed by atoms with van der Waals surface area (Å²) in [6, 6.07) is 8.68. The highest BCUT2D eigenvalue weighted by Crippen LogP contribution is 2.30. The molecule has 0 saturated carbocycles. The Labute approximate surface area is 155 Å². The van der Waals surface area contributed by atoms with Crippen LogP contribution in [0.15, 0.2) is 24.3 Å². The molecule has 3 saturated heterocycles. The number of likely N-dealkylation sites (N-methyl/N-ethyl adjacent to an activating group) is 1. The van der Waals surface area contributed by atoms with Gasteiger partial charge >= 0.3 is 0 Å². The second kappa shape index (κ2) is 6.83. The van der Waals surface area contributed by atoms with Gasteiger partial charge in [0.15, 0.2) is 0 Å². The highest BCUT2D eigenvalue weighted by Gasteiger charge is 2.44. The fourth-order valence-corrected chi connectivity index (χ4v) is 4.54. The summed E-state index contributed by atoms with van der Waals surface area (Å²) in [6.45, 7) is 6.28. The summed E-state index contributed by atoms with van der Waals surface area (Å²) < 4.78 is 5.70. The molecule has 0 bridgehead atoms. The lowest BCUT2D eigenvalue weighted by Crippen LogP contribution is -2.52. The maximum Gasteiger partial charge on any atom is 0.248 e. The smallest absolute Gasteiger partial charge is 0.248 e. The molecule has 142 valence electrons. The third kappa shape index (κ3) is 3.46. The molecule has 6 nitrogen and oxygen atoms in total. The Morgan fingerprint density at radius 3 is 2.77 bits per heavy atom. The lowest BCUT2D eigenvalue weighted by molar-refractivity contribution is -0.150. The van der Waals surface area contributed by atoms with Crippen LogP contribution in [0.5, 0.6) is 0 Å². The minimum absolute atomic E-state index is 0.0540. The molecule has 3 heterocycles. The van der Waals surface area contributed by atoms with Crippen molar-refractivity contribution in [2.45, 2.75) is 37.5 Å². The lowest BCUT2D eigenvalue weighted by atomic mass is 9.90. The summed E-state index contributed by atoms with van der Waals surface area (Å²) in [6.07, 6.45) is 1.61. The van der Waals surface area contributed by atoms with E-state index >= 15 is 0 Å². The Hall–Kier alpha value is -1.63. The number of benzene rings is 1. The molecule has 3 aliphatic heterocycles. The number of fused-ring (bicyclic) bond motifs is 1. The molecule has 0 unspecified atom stereocenters. The number of aryl methyl sites for hydroxylation is 1. The topological polar surface area (TPSA) is 56.2 Å². The average Bonchev–Trinajstić information content (AvgIpc) is 3.01. The maximum absolute atomic E-state index is 11.8. The van der Waals surface area contributed by atoms with Crippen molar-refractivity contribution in [3.05, 3.63) is 29.8 Å². The number of morpholine rings is 1. The van der Waals surface area contributed by atoms with Crippen molar-refractivity contribution in [3.63, 3.8) is 0 Å². The molecule has 1 aromatic rings. The number of piperidine rings is 1. The minimum atomic E-state index is -0.656. The van der Waals surface area contributed by atoms with Crippen molar-refractivity contribution in [3.8, 4) is 0 Å². The van der Waals surface area contributed by atoms with E-state index in [0.29, 0.717) is 6.54 Å². The molecule has 1 aromatic carbocycles. The van der Waals surface area contributed by atoms with Gasteiger partial charge in [0.25, 0.3) is 0 Å². The number of likely N-dealkylation sites (tertiary alicyclic amines) is 1. The van der Waals surface area contributed by atoms with Crippen LogP contribution in [0.3, 0.4) is 0 Å². The second-order valence-electron chi connectivity index (χ2n) is 8.17. The lowest BCUT2D eigenvalue weighted by Gasteiger charge is -2.41. The number of hydrogen-bond acceptors (Lipinski definition) is 5. The third-order valence-electron chi connectivity index (χ3n) is 6.20. The van der Waals surface area contributed by atoms with E-state index in [9.17, 15) is 9.90 Å². The van der Waals surface area contributed by atoms with Gasteiger partial charge in [-0.2, -0.15) is 0 Å². The van der Waals surface area contributed by atoms with Crippen LogP contribution in [0, 0.1) is 6.92 Å². The predicted octanol–water partition coefficient (Wildman–Crippen LogP) is 0.868. The third-order valence-corrected chi connectivity index (χ3v) is 6.20. The van der Waals surface area contributed by atoms with Crippen molar-refractivity contribution in [1.29, 1.82) is 0 Å². The molecule has 26 heavy (non-hydrogen) atoms. The summed E-state index contributed by atoms with van der Waals surface area (Å²) in [7, 11) is 1.86. The van der Waals surface area contributed by atoms with Gasteiger partial charge in [0.2, 0.25) is 5.91 Å². The first-order valence-electron chi connectivity index (χ1n) is 9.57. The molecule has 3 aliphatic rings. The zero-order valence-corrected chi connectivity index (χ0v) is 15.7. The van der Waals surface area contributed by atoms with Crippen LogP contribution in [0.1, 0.15) is 18.4 Å². The van der Waals surface area contributed by atoms with Crippen LogP contribution in [0.4, 0.5) is 5.69 Å². The average molecular weight is 359 g/mol. The van der Waals surface area contributed by atoms with Crippen LogP contribution in [0.2, 0.25) is 0 Å². The minimum Gasteiger partial charge on any atom is -0.388 e. The molecule has 2 atom stereocenters. The highest BCUT2D eigenvalue weighted by atomic mass is 16.5. The van der Waals surface area contributed by atoms with E-state index in [1.807, 2.05) is 11.9 Å². The number of anilines is 1. The molecule has 4 rings (SSSR count). The van der Waals surface area contributed by atoms with E-state index in [2.05, 4.69) is 41.0 Å². The van der Waals surface area contributed by atoms with Gasteiger partial charge in [0, 0.05) is 45.5 Å². The van der Waals surface area contributed by atoms with Crippen molar-refractivity contribution in [2.24, 2.45) is 0 Å². The van der Waals surface area contributed by atoms with Crippen LogP contribution in [-0.2, 0) is 9.53 Å². The number of rotatable bonds is 3. The summed E-state index contributed by atoms with van der Waals surface area (Å²) >= 11 is 0. The Kier molecular flexibility index (Phi) is 4.67. The second-order valence-corrected chi connectivity index (χ2v) is 8.17. The van der Waals surface area contributed by atoms with Crippen molar-refractivity contribution < 1.29 is 14.6 Å². The number of ether oxygens (including phenoxy) is 1. The maximum atomic E-state index is 11.8. The number of nitrogens with zero attached hydrogens (tertiary/aromatic N) is 3. The standard InChI is InChI=1S/C20H29N3O3/c1-15-4-3-5-16(10-15)23-8-6-20(25,7-9-23)14-22-11-17-18(12-22)26-13-19(24)21(17)2/h3-5,10,17-18,25H,6-9,11-14H2,1-2H3/t17-,18-/m0/s1. The van der Waals surface area contributed by atoms with E-state index in [-0.39, 0.29) is 24.7 Å². The molecule has 6 heteroatoms. The van der Waals surface area contributed by atoms with Gasteiger partial charge in [-0.25, -0.2) is 0 Å². The number of carbonyl (C=O) groups is 1. The first-order valence-corrected chi connectivity index (χ1v) is 9.57. The van der Waals surface area contributed by atoms with Gasteiger partial charge in [0.05, 0.1) is 17.7 Å². The Morgan fingerprint density at radius 2 is 2.04 bits per heavy atom. The number of aliphatic hydroxyl groups is 1. The Morgan fingerprint density at radius 1 is 1.27 bits per heavy atom. The zero-order valence-electron chi connectivity index (χ0n) is 15.7. The van der Waals surface area contributed by atoms with E-state index in [1.54, 1.807) is 0 Å². The van der Waals surface area contributed by atoms with Crippen molar-refractivity contribution in [1.82, 2.24) is 9.80 Å². The van der Waals surface area contributed by atoms with Crippen molar-refractivity contribution >= 4 is 11.6 Å². The van der Waals surface area contributed by atoms with E-state index < -0.39 is 5.60 Å². The first-order chi connectivity index (χ1) is 12.4. The zero-order chi connectivity index (χ0) is 18.3. The molecule has 3 fully saturated rings. The van der Waals surface area contributed by atoms with E-state index in [4.69, 9.17) is 4.74 Å². The van der Waals surface area contributed by atoms with Gasteiger partial charge in [-0.1, -0.05) is 12.1 Å². The summed E-state index contributed by atoms with van der Waals surface area (Å²) in [5.41, 5.74) is 1.85.